The molecule has 0 aromatic heterocycles. The van der Waals surface area contributed by atoms with Crippen LogP contribution in [-0.2, 0) is 18.3 Å². The van der Waals surface area contributed by atoms with E-state index < -0.39 is 31.3 Å². The minimum absolute atomic E-state index is 0. The molecule has 0 rings (SSSR count). The maximum Gasteiger partial charge on any atom is 0.466 e. The smallest absolute Gasteiger partial charge is 0.303 e. The SMILES string of the molecule is C.F.F.O=P(O)(O)O.O=P(O)(O)O.O=P(O)(O)O.O=P(O)(O)O. The lowest BCUT2D eigenvalue weighted by atomic mass is 12.0. The number of halogens is 2. The summed E-state index contributed by atoms with van der Waals surface area (Å²) in [6.07, 6.45) is 0. The summed E-state index contributed by atoms with van der Waals surface area (Å²) in [5.41, 5.74) is 0. The highest BCUT2D eigenvalue weighted by Crippen LogP contribution is 2.27. The second-order valence-corrected chi connectivity index (χ2v) is 6.16. The summed E-state index contributed by atoms with van der Waals surface area (Å²) in [4.78, 5) is 86.2. The molecule has 0 unspecified atom stereocenters. The Labute approximate surface area is 126 Å². The zero-order valence-electron chi connectivity index (χ0n) is 9.60. The summed E-state index contributed by atoms with van der Waals surface area (Å²) < 4.78 is 35.5. The highest BCUT2D eigenvalue weighted by atomic mass is 31.2. The summed E-state index contributed by atoms with van der Waals surface area (Å²) in [6.45, 7) is 0. The first-order valence-electron chi connectivity index (χ1n) is 3.13. The van der Waals surface area contributed by atoms with Crippen molar-refractivity contribution < 1.29 is 86.4 Å². The molecule has 0 spiro atoms. The molecule has 0 saturated carbocycles. The van der Waals surface area contributed by atoms with Gasteiger partial charge in [0.15, 0.2) is 0 Å². The first kappa shape index (κ1) is 43.6. The Balaban J connectivity index is -0.0000000284. The minimum Gasteiger partial charge on any atom is -0.303 e. The van der Waals surface area contributed by atoms with Gasteiger partial charge in [-0.15, -0.1) is 0 Å². The molecule has 0 amide bonds. The van der Waals surface area contributed by atoms with Crippen molar-refractivity contribution in [1.29, 1.82) is 0 Å². The maximum absolute atomic E-state index is 8.88. The molecule has 16 nitrogen and oxygen atoms in total. The second kappa shape index (κ2) is 17.1. The molecule has 22 heteroatoms. The lowest BCUT2D eigenvalue weighted by Gasteiger charge is -1.82. The van der Waals surface area contributed by atoms with Gasteiger partial charge in [-0.1, -0.05) is 7.43 Å². The van der Waals surface area contributed by atoms with Gasteiger partial charge in [0.2, 0.25) is 0 Å². The van der Waals surface area contributed by atoms with Gasteiger partial charge in [0, 0.05) is 0 Å². The van der Waals surface area contributed by atoms with Gasteiger partial charge >= 0.3 is 31.3 Å². The van der Waals surface area contributed by atoms with Gasteiger partial charge in [-0.25, -0.2) is 18.3 Å². The van der Waals surface area contributed by atoms with Crippen LogP contribution < -0.4 is 0 Å². The summed E-state index contributed by atoms with van der Waals surface area (Å²) in [5.74, 6) is 0. The molecule has 0 aromatic carbocycles. The van der Waals surface area contributed by atoms with E-state index in [1.165, 1.54) is 0 Å². The lowest BCUT2D eigenvalue weighted by Crippen LogP contribution is -1.66. The summed E-state index contributed by atoms with van der Waals surface area (Å²) in [5, 5.41) is 0. The zero-order chi connectivity index (χ0) is 18.0. The van der Waals surface area contributed by atoms with Crippen LogP contribution in [0.5, 0.6) is 0 Å². The van der Waals surface area contributed by atoms with Gasteiger partial charge in [0.25, 0.3) is 0 Å². The lowest BCUT2D eigenvalue weighted by molar-refractivity contribution is 0.272. The van der Waals surface area contributed by atoms with Crippen LogP contribution in [0, 0.1) is 0 Å². The van der Waals surface area contributed by atoms with Crippen molar-refractivity contribution in [2.75, 3.05) is 0 Å². The van der Waals surface area contributed by atoms with Crippen LogP contribution >= 0.6 is 31.3 Å². The predicted molar refractivity (Wildman–Crippen MR) is 68.8 cm³/mol. The normalized spacial score (nSPS) is 10.3. The molecule has 152 valence electrons. The molecular formula is CH18F2O16P4. The van der Waals surface area contributed by atoms with Crippen molar-refractivity contribution in [3.05, 3.63) is 0 Å². The fourth-order valence-electron chi connectivity index (χ4n) is 0. The summed E-state index contributed by atoms with van der Waals surface area (Å²) >= 11 is 0. The first-order chi connectivity index (χ1) is 8.00. The van der Waals surface area contributed by atoms with E-state index in [1.54, 1.807) is 0 Å². The van der Waals surface area contributed by atoms with E-state index in [4.69, 9.17) is 77.0 Å². The van der Waals surface area contributed by atoms with Crippen LogP contribution in [-0.4, -0.2) is 58.7 Å². The van der Waals surface area contributed by atoms with Gasteiger partial charge < -0.3 is 58.7 Å². The van der Waals surface area contributed by atoms with Crippen LogP contribution in [0.15, 0.2) is 0 Å². The van der Waals surface area contributed by atoms with Crippen molar-refractivity contribution in [3.63, 3.8) is 0 Å². The van der Waals surface area contributed by atoms with Gasteiger partial charge in [-0.2, -0.15) is 0 Å². The highest BCUT2D eigenvalue weighted by Gasteiger charge is 2.01. The van der Waals surface area contributed by atoms with Crippen LogP contribution in [0.2, 0.25) is 0 Å². The Morgan fingerprint density at radius 3 is 0.348 bits per heavy atom. The molecule has 23 heavy (non-hydrogen) atoms. The Hall–Kier alpha value is 0.300. The Bertz CT molecular complexity index is 295. The summed E-state index contributed by atoms with van der Waals surface area (Å²) in [7, 11) is -18.6. The van der Waals surface area contributed by atoms with E-state index in [2.05, 4.69) is 0 Å². The topological polar surface area (TPSA) is 311 Å². The minimum atomic E-state index is -4.64. The number of hydrogen-bond donors (Lipinski definition) is 12. The van der Waals surface area contributed by atoms with E-state index in [0.29, 0.717) is 0 Å². The van der Waals surface area contributed by atoms with Gasteiger partial charge in [0.1, 0.15) is 0 Å². The van der Waals surface area contributed by atoms with E-state index in [-0.39, 0.29) is 16.8 Å². The van der Waals surface area contributed by atoms with E-state index in [1.807, 2.05) is 0 Å². The molecule has 0 atom stereocenters. The molecule has 0 radical (unpaired) electrons. The molecule has 0 heterocycles. The third-order valence-corrected chi connectivity index (χ3v) is 0. The van der Waals surface area contributed by atoms with Crippen molar-refractivity contribution in [2.45, 2.75) is 7.43 Å². The van der Waals surface area contributed by atoms with E-state index >= 15 is 0 Å². The van der Waals surface area contributed by atoms with Crippen LogP contribution in [0.25, 0.3) is 0 Å². The van der Waals surface area contributed by atoms with Gasteiger partial charge in [-0.05, 0) is 0 Å². The van der Waals surface area contributed by atoms with Crippen LogP contribution in [0.1, 0.15) is 7.43 Å². The Morgan fingerprint density at radius 1 is 0.348 bits per heavy atom. The predicted octanol–water partition coefficient (Wildman–Crippen LogP) is -2.77. The molecule has 0 saturated heterocycles. The van der Waals surface area contributed by atoms with Gasteiger partial charge in [0.05, 0.1) is 0 Å². The first-order valence-corrected chi connectivity index (χ1v) is 9.39. The quantitative estimate of drug-likeness (QED) is 0.167. The standard InChI is InChI=1S/CH4.2FH.4H3O4P/c;;;4*1-5(2,3)4/h1H4;2*1H;4*(H3,1,2,3,4). The molecule has 0 bridgehead atoms. The third-order valence-electron chi connectivity index (χ3n) is 0. The number of hydrogen-bond acceptors (Lipinski definition) is 4. The molecule has 0 aliphatic heterocycles. The third kappa shape index (κ3) is 102000. The van der Waals surface area contributed by atoms with Crippen LogP contribution in [0.4, 0.5) is 9.41 Å². The van der Waals surface area contributed by atoms with Crippen LogP contribution in [0.3, 0.4) is 0 Å². The number of rotatable bonds is 0. The fourth-order valence-corrected chi connectivity index (χ4v) is 0. The molecule has 0 aliphatic rings. The van der Waals surface area contributed by atoms with Gasteiger partial charge in [-0.3, -0.25) is 9.41 Å². The van der Waals surface area contributed by atoms with E-state index in [9.17, 15) is 0 Å². The Morgan fingerprint density at radius 2 is 0.348 bits per heavy atom. The number of phosphoric acid groups is 4. The van der Waals surface area contributed by atoms with Crippen molar-refractivity contribution in [3.8, 4) is 0 Å². The van der Waals surface area contributed by atoms with Crippen molar-refractivity contribution in [2.24, 2.45) is 0 Å². The van der Waals surface area contributed by atoms with E-state index in [0.717, 1.165) is 0 Å². The molecule has 0 aliphatic carbocycles. The monoisotopic (exact) mass is 448 g/mol. The summed E-state index contributed by atoms with van der Waals surface area (Å²) in [6, 6.07) is 0. The zero-order valence-corrected chi connectivity index (χ0v) is 13.2. The highest BCUT2D eigenvalue weighted by molar-refractivity contribution is 7.45. The van der Waals surface area contributed by atoms with Crippen molar-refractivity contribution >= 4 is 31.3 Å². The maximum atomic E-state index is 8.88. The average Bonchev–Trinajstić information content (AvgIpc) is 1.62. The molecular weight excluding hydrogens is 430 g/mol. The largest absolute Gasteiger partial charge is 0.466 e. The average molecular weight is 448 g/mol. The fraction of sp³-hybridized carbons (Fsp3) is 1.00. The molecule has 0 aromatic rings. The molecule has 0 fully saturated rings. The second-order valence-electron chi connectivity index (χ2n) is 2.05. The Kier molecular flexibility index (Phi) is 32.5. The van der Waals surface area contributed by atoms with Crippen molar-refractivity contribution in [1.82, 2.24) is 0 Å². The molecule has 12 N–H and O–H groups in total.